The normalized spacial score (nSPS) is 12.5. The predicted molar refractivity (Wildman–Crippen MR) is 86.8 cm³/mol. The zero-order valence-corrected chi connectivity index (χ0v) is 15.1. The molecular weight excluding hydrogens is 439 g/mol. The number of rotatable bonds is 3. The summed E-state index contributed by atoms with van der Waals surface area (Å²) in [5.41, 5.74) is 1.28. The van der Waals surface area contributed by atoms with Crippen LogP contribution in [-0.2, 0) is 0 Å². The van der Waals surface area contributed by atoms with Crippen molar-refractivity contribution in [2.45, 2.75) is 6.10 Å². The van der Waals surface area contributed by atoms with Crippen LogP contribution >= 0.6 is 66.4 Å². The fourth-order valence-corrected chi connectivity index (χ4v) is 5.01. The second-order valence-corrected chi connectivity index (χ2v) is 8.25. The smallest absolute Gasteiger partial charge is 0.138 e. The number of ether oxygens (including phenoxy) is 1. The van der Waals surface area contributed by atoms with E-state index < -0.39 is 6.10 Å². The molecule has 0 saturated heterocycles. The van der Waals surface area contributed by atoms with Crippen molar-refractivity contribution in [1.29, 1.82) is 0 Å². The van der Waals surface area contributed by atoms with E-state index in [1.807, 2.05) is 6.07 Å². The molecular formula is C12H8Br2Cl2O2S. The number of aliphatic hydroxyl groups excluding tert-OH is 1. The molecule has 0 amide bonds. The summed E-state index contributed by atoms with van der Waals surface area (Å²) in [5, 5.41) is 11.2. The minimum Gasteiger partial charge on any atom is -0.495 e. The molecule has 7 heteroatoms. The third-order valence-corrected chi connectivity index (χ3v) is 5.55. The molecule has 0 fully saturated rings. The standard InChI is InChI=1S/C12H8Br2Cl2O2S/c1-18-9-4-7(15)5(2-8(9)16)11(17)6-3-10(13)19-12(6)14/h2-4,11,17H,1H3. The van der Waals surface area contributed by atoms with E-state index in [9.17, 15) is 5.11 Å². The van der Waals surface area contributed by atoms with Crippen LogP contribution in [0.5, 0.6) is 5.75 Å². The summed E-state index contributed by atoms with van der Waals surface area (Å²) in [5.74, 6) is 0.480. The Morgan fingerprint density at radius 3 is 2.37 bits per heavy atom. The number of thiophene rings is 1. The number of aliphatic hydroxyl groups is 1. The van der Waals surface area contributed by atoms with Crippen LogP contribution in [0.3, 0.4) is 0 Å². The van der Waals surface area contributed by atoms with Crippen molar-refractivity contribution in [2.75, 3.05) is 7.11 Å². The van der Waals surface area contributed by atoms with Crippen molar-refractivity contribution in [2.24, 2.45) is 0 Å². The number of methoxy groups -OCH3 is 1. The molecule has 0 aliphatic rings. The molecule has 2 nitrogen and oxygen atoms in total. The van der Waals surface area contributed by atoms with Crippen LogP contribution in [0, 0.1) is 0 Å². The summed E-state index contributed by atoms with van der Waals surface area (Å²) in [6.07, 6.45) is -0.854. The molecule has 19 heavy (non-hydrogen) atoms. The molecule has 1 aromatic heterocycles. The Labute approximate surface area is 141 Å². The molecule has 1 aromatic carbocycles. The maximum Gasteiger partial charge on any atom is 0.138 e. The zero-order valence-electron chi connectivity index (χ0n) is 9.58. The highest BCUT2D eigenvalue weighted by Crippen LogP contribution is 2.41. The minimum atomic E-state index is -0.854. The summed E-state index contributed by atoms with van der Waals surface area (Å²) >= 11 is 20.5. The van der Waals surface area contributed by atoms with E-state index >= 15 is 0 Å². The molecule has 102 valence electrons. The first-order valence-corrected chi connectivity index (χ1v) is 8.25. The van der Waals surface area contributed by atoms with Gasteiger partial charge in [-0.1, -0.05) is 23.2 Å². The predicted octanol–water partition coefficient (Wildman–Crippen LogP) is 5.67. The highest BCUT2D eigenvalue weighted by Gasteiger charge is 2.20. The second kappa shape index (κ2) is 6.33. The largest absolute Gasteiger partial charge is 0.495 e. The van der Waals surface area contributed by atoms with Crippen LogP contribution in [0.2, 0.25) is 10.0 Å². The summed E-state index contributed by atoms with van der Waals surface area (Å²) in [4.78, 5) is 0. The van der Waals surface area contributed by atoms with Crippen molar-refractivity contribution >= 4 is 66.4 Å². The average Bonchev–Trinajstić information content (AvgIpc) is 2.70. The maximum atomic E-state index is 10.4. The number of halogens is 4. The summed E-state index contributed by atoms with van der Waals surface area (Å²) in [7, 11) is 1.51. The van der Waals surface area contributed by atoms with Crippen LogP contribution in [-0.4, -0.2) is 12.2 Å². The van der Waals surface area contributed by atoms with E-state index in [2.05, 4.69) is 31.9 Å². The van der Waals surface area contributed by atoms with E-state index in [0.29, 0.717) is 21.4 Å². The van der Waals surface area contributed by atoms with Crippen molar-refractivity contribution < 1.29 is 9.84 Å². The van der Waals surface area contributed by atoms with Gasteiger partial charge in [-0.15, -0.1) is 11.3 Å². The lowest BCUT2D eigenvalue weighted by molar-refractivity contribution is 0.220. The first-order chi connectivity index (χ1) is 8.93. The molecule has 0 bridgehead atoms. The van der Waals surface area contributed by atoms with Crippen LogP contribution in [0.15, 0.2) is 25.8 Å². The quantitative estimate of drug-likeness (QED) is 0.658. The van der Waals surface area contributed by atoms with Gasteiger partial charge in [0.2, 0.25) is 0 Å². The van der Waals surface area contributed by atoms with Gasteiger partial charge < -0.3 is 9.84 Å². The van der Waals surface area contributed by atoms with Crippen molar-refractivity contribution in [3.05, 3.63) is 46.9 Å². The summed E-state index contributed by atoms with van der Waals surface area (Å²) in [6.45, 7) is 0. The average molecular weight is 447 g/mol. The molecule has 2 aromatic rings. The molecule has 1 heterocycles. The second-order valence-electron chi connectivity index (χ2n) is 3.69. The lowest BCUT2D eigenvalue weighted by atomic mass is 10.0. The monoisotopic (exact) mass is 444 g/mol. The third kappa shape index (κ3) is 3.28. The van der Waals surface area contributed by atoms with Crippen LogP contribution in [0.25, 0.3) is 0 Å². The molecule has 0 spiro atoms. The Bertz CT molecular complexity index is 616. The SMILES string of the molecule is COc1cc(Cl)c(C(O)c2cc(Br)sc2Br)cc1Cl. The van der Waals surface area contributed by atoms with Crippen LogP contribution in [0.1, 0.15) is 17.2 Å². The molecule has 1 unspecified atom stereocenters. The lowest BCUT2D eigenvalue weighted by Gasteiger charge is -2.14. The van der Waals surface area contributed by atoms with Gasteiger partial charge in [-0.2, -0.15) is 0 Å². The first-order valence-electron chi connectivity index (χ1n) is 5.09. The van der Waals surface area contributed by atoms with E-state index in [-0.39, 0.29) is 0 Å². The van der Waals surface area contributed by atoms with Crippen molar-refractivity contribution in [3.8, 4) is 5.75 Å². The Hall–Kier alpha value is 0.220. The fourth-order valence-electron chi connectivity index (χ4n) is 1.62. The van der Waals surface area contributed by atoms with Crippen molar-refractivity contribution in [1.82, 2.24) is 0 Å². The highest BCUT2D eigenvalue weighted by atomic mass is 79.9. The zero-order chi connectivity index (χ0) is 14.2. The van der Waals surface area contributed by atoms with Gasteiger partial charge in [-0.25, -0.2) is 0 Å². The van der Waals surface area contributed by atoms with E-state index in [0.717, 1.165) is 13.1 Å². The molecule has 0 aliphatic heterocycles. The van der Waals surface area contributed by atoms with E-state index in [1.54, 1.807) is 12.1 Å². The Morgan fingerprint density at radius 2 is 1.84 bits per heavy atom. The molecule has 1 N–H and O–H groups in total. The summed E-state index contributed by atoms with van der Waals surface area (Å²) < 4.78 is 6.84. The van der Waals surface area contributed by atoms with E-state index in [1.165, 1.54) is 18.4 Å². The van der Waals surface area contributed by atoms with Gasteiger partial charge in [0.25, 0.3) is 0 Å². The third-order valence-electron chi connectivity index (χ3n) is 2.54. The van der Waals surface area contributed by atoms with Gasteiger partial charge in [-0.3, -0.25) is 0 Å². The Balaban J connectivity index is 2.47. The number of benzene rings is 1. The maximum absolute atomic E-state index is 10.4. The van der Waals surface area contributed by atoms with Crippen LogP contribution < -0.4 is 4.74 Å². The van der Waals surface area contributed by atoms with Gasteiger partial charge in [0.1, 0.15) is 11.9 Å². The topological polar surface area (TPSA) is 29.5 Å². The molecule has 0 radical (unpaired) electrons. The number of hydrogen-bond donors (Lipinski definition) is 1. The Kier molecular flexibility index (Phi) is 5.20. The highest BCUT2D eigenvalue weighted by molar-refractivity contribution is 9.12. The Morgan fingerprint density at radius 1 is 1.16 bits per heavy atom. The van der Waals surface area contributed by atoms with Gasteiger partial charge in [-0.05, 0) is 44.0 Å². The molecule has 0 saturated carbocycles. The fraction of sp³-hybridized carbons (Fsp3) is 0.167. The van der Waals surface area contributed by atoms with Crippen molar-refractivity contribution in [3.63, 3.8) is 0 Å². The van der Waals surface area contributed by atoms with E-state index in [4.69, 9.17) is 27.9 Å². The van der Waals surface area contributed by atoms with Crippen LogP contribution in [0.4, 0.5) is 0 Å². The molecule has 2 rings (SSSR count). The first kappa shape index (κ1) is 15.6. The van der Waals surface area contributed by atoms with Gasteiger partial charge in [0, 0.05) is 17.2 Å². The van der Waals surface area contributed by atoms with Gasteiger partial charge >= 0.3 is 0 Å². The summed E-state index contributed by atoms with van der Waals surface area (Å²) in [6, 6.07) is 5.05. The number of hydrogen-bond acceptors (Lipinski definition) is 3. The molecule has 1 atom stereocenters. The lowest BCUT2D eigenvalue weighted by Crippen LogP contribution is -2.00. The minimum absolute atomic E-state index is 0.406. The van der Waals surface area contributed by atoms with Gasteiger partial charge in [0.05, 0.1) is 24.7 Å². The molecule has 0 aliphatic carbocycles. The van der Waals surface area contributed by atoms with Gasteiger partial charge in [0.15, 0.2) is 0 Å².